The van der Waals surface area contributed by atoms with Crippen molar-refractivity contribution in [3.05, 3.63) is 63.9 Å². The van der Waals surface area contributed by atoms with Crippen LogP contribution < -0.4 is 0 Å². The van der Waals surface area contributed by atoms with Crippen molar-refractivity contribution in [1.29, 1.82) is 0 Å². The number of aryl methyl sites for hydroxylation is 1. The third kappa shape index (κ3) is 4.39. The van der Waals surface area contributed by atoms with E-state index < -0.39 is 0 Å². The van der Waals surface area contributed by atoms with Crippen molar-refractivity contribution in [2.45, 2.75) is 51.0 Å². The lowest BCUT2D eigenvalue weighted by molar-refractivity contribution is -0.142. The lowest BCUT2D eigenvalue weighted by Crippen LogP contribution is -2.43. The summed E-state index contributed by atoms with van der Waals surface area (Å²) in [5, 5.41) is 0.805. The molecule has 0 saturated carbocycles. The van der Waals surface area contributed by atoms with Crippen LogP contribution in [0.5, 0.6) is 0 Å². The highest BCUT2D eigenvalue weighted by molar-refractivity contribution is 6.31. The number of likely N-dealkylation sites (tertiary alicyclic amines) is 1. The second kappa shape index (κ2) is 8.62. The molecule has 148 valence electrons. The van der Waals surface area contributed by atoms with Gasteiger partial charge in [-0.3, -0.25) is 9.78 Å². The van der Waals surface area contributed by atoms with Crippen LogP contribution in [0.25, 0.3) is 0 Å². The molecule has 1 aromatic carbocycles. The van der Waals surface area contributed by atoms with E-state index in [0.29, 0.717) is 12.5 Å². The van der Waals surface area contributed by atoms with Crippen molar-refractivity contribution in [3.63, 3.8) is 0 Å². The number of hydrogen-bond acceptors (Lipinski definition) is 3. The number of amides is 1. The van der Waals surface area contributed by atoms with Gasteiger partial charge in [-0.05, 0) is 68.4 Å². The highest BCUT2D eigenvalue weighted by Gasteiger charge is 2.31. The number of carbonyl (C=O) groups excluding carboxylic acids is 1. The highest BCUT2D eigenvalue weighted by Crippen LogP contribution is 2.30. The molecule has 3 heterocycles. The second-order valence-corrected chi connectivity index (χ2v) is 8.32. The topological polar surface area (TPSA) is 42.4 Å². The Kier molecular flexibility index (Phi) is 5.98. The van der Waals surface area contributed by atoms with E-state index in [2.05, 4.69) is 25.1 Å². The van der Waals surface area contributed by atoms with E-state index in [1.807, 2.05) is 23.1 Å². The summed E-state index contributed by atoms with van der Waals surface area (Å²) in [6, 6.07) is 12.4. The van der Waals surface area contributed by atoms with Gasteiger partial charge < -0.3 is 9.64 Å². The number of carbonyl (C=O) groups is 1. The molecule has 5 heteroatoms. The first-order valence-electron chi connectivity index (χ1n) is 10.2. The van der Waals surface area contributed by atoms with E-state index >= 15 is 0 Å². The Bertz CT molecular complexity index is 840. The zero-order chi connectivity index (χ0) is 19.5. The van der Waals surface area contributed by atoms with Crippen LogP contribution in [0.3, 0.4) is 0 Å². The molecule has 1 atom stereocenters. The Hall–Kier alpha value is -1.91. The summed E-state index contributed by atoms with van der Waals surface area (Å²) < 4.78 is 5.56. The van der Waals surface area contributed by atoms with Crippen LogP contribution >= 0.6 is 11.6 Å². The first kappa shape index (κ1) is 19.4. The van der Waals surface area contributed by atoms with Gasteiger partial charge in [0.05, 0.1) is 0 Å². The fraction of sp³-hybridized carbons (Fsp3) is 0.478. The fourth-order valence-corrected chi connectivity index (χ4v) is 4.52. The van der Waals surface area contributed by atoms with Crippen LogP contribution in [0.1, 0.15) is 54.1 Å². The predicted molar refractivity (Wildman–Crippen MR) is 111 cm³/mol. The zero-order valence-corrected chi connectivity index (χ0v) is 17.1. The Morgan fingerprint density at radius 2 is 2.00 bits per heavy atom. The van der Waals surface area contributed by atoms with Gasteiger partial charge in [0.1, 0.15) is 6.10 Å². The van der Waals surface area contributed by atoms with Crippen molar-refractivity contribution in [2.24, 2.45) is 0 Å². The van der Waals surface area contributed by atoms with Gasteiger partial charge in [0.15, 0.2) is 0 Å². The summed E-state index contributed by atoms with van der Waals surface area (Å²) in [7, 11) is 0. The van der Waals surface area contributed by atoms with E-state index in [9.17, 15) is 4.79 Å². The largest absolute Gasteiger partial charge is 0.368 e. The lowest BCUT2D eigenvalue weighted by atomic mass is 9.91. The first-order valence-corrected chi connectivity index (χ1v) is 10.6. The van der Waals surface area contributed by atoms with Crippen LogP contribution in [0.2, 0.25) is 5.02 Å². The number of aromatic nitrogens is 1. The van der Waals surface area contributed by atoms with Gasteiger partial charge in [0.25, 0.3) is 5.91 Å². The molecule has 28 heavy (non-hydrogen) atoms. The van der Waals surface area contributed by atoms with Crippen LogP contribution in [0.15, 0.2) is 36.4 Å². The SMILES string of the molecule is Cc1cc(Cc2ccccc2Cl)cc(C2CCN(C(=O)C3CCCO3)CC2)n1. The van der Waals surface area contributed by atoms with Gasteiger partial charge in [-0.25, -0.2) is 0 Å². The summed E-state index contributed by atoms with van der Waals surface area (Å²) in [5.74, 6) is 0.575. The fourth-order valence-electron chi connectivity index (χ4n) is 4.31. The quantitative estimate of drug-likeness (QED) is 0.760. The molecule has 2 saturated heterocycles. The van der Waals surface area contributed by atoms with E-state index in [0.717, 1.165) is 67.2 Å². The molecule has 1 aromatic heterocycles. The molecule has 0 radical (unpaired) electrons. The van der Waals surface area contributed by atoms with Crippen LogP contribution in [-0.4, -0.2) is 41.6 Å². The van der Waals surface area contributed by atoms with Gasteiger partial charge in [-0.15, -0.1) is 0 Å². The van der Waals surface area contributed by atoms with E-state index in [1.54, 1.807) is 0 Å². The van der Waals surface area contributed by atoms with Gasteiger partial charge in [-0.1, -0.05) is 29.8 Å². The summed E-state index contributed by atoms with van der Waals surface area (Å²) in [6.45, 7) is 4.35. The number of piperidine rings is 1. The Morgan fingerprint density at radius 3 is 2.71 bits per heavy atom. The molecule has 0 N–H and O–H groups in total. The van der Waals surface area contributed by atoms with Crippen molar-refractivity contribution in [3.8, 4) is 0 Å². The normalized spacial score (nSPS) is 20.5. The standard InChI is InChI=1S/C23H27ClN2O2/c1-16-13-17(14-19-5-2-3-6-20(19)24)15-21(25-16)18-8-10-26(11-9-18)23(27)22-7-4-12-28-22/h2-3,5-6,13,15,18,22H,4,7-12,14H2,1H3. The number of halogens is 1. The maximum Gasteiger partial charge on any atom is 0.251 e. The van der Waals surface area contributed by atoms with Crippen molar-refractivity contribution < 1.29 is 9.53 Å². The average Bonchev–Trinajstić information content (AvgIpc) is 3.24. The minimum atomic E-state index is -0.212. The van der Waals surface area contributed by atoms with Crippen LogP contribution in [0.4, 0.5) is 0 Å². The maximum absolute atomic E-state index is 12.6. The second-order valence-electron chi connectivity index (χ2n) is 7.91. The average molecular weight is 399 g/mol. The zero-order valence-electron chi connectivity index (χ0n) is 16.4. The molecule has 4 rings (SSSR count). The lowest BCUT2D eigenvalue weighted by Gasteiger charge is -2.33. The summed E-state index contributed by atoms with van der Waals surface area (Å²) >= 11 is 6.34. The smallest absolute Gasteiger partial charge is 0.251 e. The molecule has 2 aliphatic heterocycles. The monoisotopic (exact) mass is 398 g/mol. The summed E-state index contributed by atoms with van der Waals surface area (Å²) in [6.07, 6.45) is 4.38. The number of pyridine rings is 1. The molecular formula is C23H27ClN2O2. The molecule has 0 spiro atoms. The Morgan fingerprint density at radius 1 is 1.21 bits per heavy atom. The minimum Gasteiger partial charge on any atom is -0.368 e. The molecule has 1 amide bonds. The maximum atomic E-state index is 12.6. The van der Waals surface area contributed by atoms with E-state index in [-0.39, 0.29) is 12.0 Å². The van der Waals surface area contributed by atoms with Crippen molar-refractivity contribution in [1.82, 2.24) is 9.88 Å². The summed E-state index contributed by atoms with van der Waals surface area (Å²) in [5.41, 5.74) is 4.56. The van der Waals surface area contributed by atoms with Gasteiger partial charge >= 0.3 is 0 Å². The number of hydrogen-bond donors (Lipinski definition) is 0. The number of rotatable bonds is 4. The first-order chi connectivity index (χ1) is 13.6. The molecule has 2 aromatic rings. The minimum absolute atomic E-state index is 0.174. The molecule has 2 aliphatic rings. The van der Waals surface area contributed by atoms with E-state index in [1.165, 1.54) is 5.56 Å². The molecule has 4 nitrogen and oxygen atoms in total. The number of ether oxygens (including phenoxy) is 1. The van der Waals surface area contributed by atoms with Crippen molar-refractivity contribution >= 4 is 17.5 Å². The third-order valence-electron chi connectivity index (χ3n) is 5.82. The predicted octanol–water partition coefficient (Wildman–Crippen LogP) is 4.52. The third-order valence-corrected chi connectivity index (χ3v) is 6.18. The molecular weight excluding hydrogens is 372 g/mol. The van der Waals surface area contributed by atoms with Crippen LogP contribution in [-0.2, 0) is 16.0 Å². The molecule has 0 aliphatic carbocycles. The Labute approximate surface area is 171 Å². The van der Waals surface area contributed by atoms with E-state index in [4.69, 9.17) is 21.3 Å². The van der Waals surface area contributed by atoms with Crippen LogP contribution in [0, 0.1) is 6.92 Å². The highest BCUT2D eigenvalue weighted by atomic mass is 35.5. The number of benzene rings is 1. The van der Waals surface area contributed by atoms with Gasteiger partial charge in [0, 0.05) is 42.0 Å². The number of nitrogens with zero attached hydrogens (tertiary/aromatic N) is 2. The molecule has 0 bridgehead atoms. The van der Waals surface area contributed by atoms with Crippen molar-refractivity contribution in [2.75, 3.05) is 19.7 Å². The Balaban J connectivity index is 1.43. The summed E-state index contributed by atoms with van der Waals surface area (Å²) in [4.78, 5) is 19.3. The molecule has 1 unspecified atom stereocenters. The molecule has 2 fully saturated rings. The van der Waals surface area contributed by atoms with Gasteiger partial charge in [0.2, 0.25) is 0 Å². The van der Waals surface area contributed by atoms with Gasteiger partial charge in [-0.2, -0.15) is 0 Å².